The van der Waals surface area contributed by atoms with Gasteiger partial charge in [-0.3, -0.25) is 4.79 Å². The Morgan fingerprint density at radius 3 is 2.68 bits per heavy atom. The van der Waals surface area contributed by atoms with Gasteiger partial charge in [-0.15, -0.1) is 0 Å². The van der Waals surface area contributed by atoms with Crippen LogP contribution in [0.2, 0.25) is 0 Å². The molecule has 0 spiro atoms. The monoisotopic (exact) mass is 262 g/mol. The highest BCUT2D eigenvalue weighted by Crippen LogP contribution is 2.15. The minimum atomic E-state index is -0.647. The Bertz CT molecular complexity index is 789. The first-order valence-corrected chi connectivity index (χ1v) is 5.48. The third-order valence-corrected chi connectivity index (χ3v) is 2.80. The molecule has 0 radical (unpaired) electrons. The van der Waals surface area contributed by atoms with Gasteiger partial charge in [-0.1, -0.05) is 6.07 Å². The van der Waals surface area contributed by atoms with Crippen molar-refractivity contribution in [2.45, 2.75) is 6.54 Å². The number of H-pyrrole nitrogens is 1. The lowest BCUT2D eigenvalue weighted by atomic mass is 10.2. The highest BCUT2D eigenvalue weighted by atomic mass is 19.1. The van der Waals surface area contributed by atoms with E-state index in [0.29, 0.717) is 0 Å². The molecule has 3 rings (SSSR count). The van der Waals surface area contributed by atoms with Crippen molar-refractivity contribution in [2.24, 2.45) is 0 Å². The van der Waals surface area contributed by atoms with E-state index in [1.54, 1.807) is 0 Å². The largest absolute Gasteiger partial charge is 0.311 e. The summed E-state index contributed by atoms with van der Waals surface area (Å²) in [6.07, 6.45) is 2.55. The fourth-order valence-electron chi connectivity index (χ4n) is 1.86. The minimum Gasteiger partial charge on any atom is -0.311 e. The number of aromatic amines is 1. The molecular formula is C12H8F2N4O. The lowest BCUT2D eigenvalue weighted by Crippen LogP contribution is -2.09. The van der Waals surface area contributed by atoms with Crippen LogP contribution in [0.15, 0.2) is 35.6 Å². The van der Waals surface area contributed by atoms with Gasteiger partial charge in [0.1, 0.15) is 11.6 Å². The van der Waals surface area contributed by atoms with Gasteiger partial charge < -0.3 is 9.55 Å². The van der Waals surface area contributed by atoms with Gasteiger partial charge in [0.25, 0.3) is 5.56 Å². The molecule has 0 unspecified atom stereocenters. The molecule has 5 nitrogen and oxygen atoms in total. The quantitative estimate of drug-likeness (QED) is 0.760. The van der Waals surface area contributed by atoms with Crippen molar-refractivity contribution >= 4 is 11.2 Å². The minimum absolute atomic E-state index is 0.0779. The number of benzene rings is 1. The topological polar surface area (TPSA) is 63.6 Å². The van der Waals surface area contributed by atoms with Gasteiger partial charge in [-0.2, -0.15) is 0 Å². The van der Waals surface area contributed by atoms with Crippen LogP contribution in [0.3, 0.4) is 0 Å². The van der Waals surface area contributed by atoms with E-state index in [2.05, 4.69) is 15.0 Å². The first-order valence-electron chi connectivity index (χ1n) is 5.48. The molecule has 19 heavy (non-hydrogen) atoms. The first kappa shape index (κ1) is 11.5. The molecule has 7 heteroatoms. The first-order chi connectivity index (χ1) is 9.16. The highest BCUT2D eigenvalue weighted by molar-refractivity contribution is 5.68. The number of hydrogen-bond acceptors (Lipinski definition) is 3. The van der Waals surface area contributed by atoms with Crippen molar-refractivity contribution in [3.63, 3.8) is 0 Å². The Kier molecular flexibility index (Phi) is 2.59. The van der Waals surface area contributed by atoms with E-state index in [0.717, 1.165) is 0 Å². The zero-order valence-corrected chi connectivity index (χ0v) is 9.60. The fourth-order valence-corrected chi connectivity index (χ4v) is 1.86. The summed E-state index contributed by atoms with van der Waals surface area (Å²) in [4.78, 5) is 21.7. The maximum Gasteiger partial charge on any atom is 0.278 e. The molecule has 0 saturated carbocycles. The van der Waals surface area contributed by atoms with Crippen molar-refractivity contribution in [1.29, 1.82) is 0 Å². The number of fused-ring (bicyclic) bond motifs is 1. The average Bonchev–Trinajstić information content (AvgIpc) is 2.79. The van der Waals surface area contributed by atoms with Crippen LogP contribution < -0.4 is 5.56 Å². The average molecular weight is 262 g/mol. The third kappa shape index (κ3) is 1.88. The lowest BCUT2D eigenvalue weighted by molar-refractivity contribution is 0.546. The van der Waals surface area contributed by atoms with E-state index in [9.17, 15) is 13.6 Å². The van der Waals surface area contributed by atoms with E-state index < -0.39 is 17.2 Å². The normalized spacial score (nSPS) is 11.1. The molecule has 3 aromatic rings. The van der Waals surface area contributed by atoms with Crippen LogP contribution in [0.5, 0.6) is 0 Å². The Labute approximate surface area is 105 Å². The van der Waals surface area contributed by atoms with E-state index in [1.807, 2.05) is 0 Å². The Balaban J connectivity index is 2.12. The predicted molar refractivity (Wildman–Crippen MR) is 63.6 cm³/mol. The van der Waals surface area contributed by atoms with Crippen LogP contribution in [-0.2, 0) is 6.54 Å². The molecule has 0 fully saturated rings. The number of rotatable bonds is 2. The number of nitrogens with one attached hydrogen (secondary N) is 1. The number of imidazole rings is 1. The van der Waals surface area contributed by atoms with Crippen molar-refractivity contribution < 1.29 is 8.78 Å². The smallest absolute Gasteiger partial charge is 0.278 e. The van der Waals surface area contributed by atoms with Gasteiger partial charge in [-0.25, -0.2) is 18.7 Å². The number of aromatic nitrogens is 4. The van der Waals surface area contributed by atoms with Crippen LogP contribution in [0.4, 0.5) is 8.78 Å². The Morgan fingerprint density at radius 2 is 1.95 bits per heavy atom. The van der Waals surface area contributed by atoms with Gasteiger partial charge in [0.2, 0.25) is 0 Å². The summed E-state index contributed by atoms with van der Waals surface area (Å²) in [6.45, 7) is -0.0779. The molecule has 2 aromatic heterocycles. The summed E-state index contributed by atoms with van der Waals surface area (Å²) in [5.41, 5.74) is -0.0627. The molecule has 96 valence electrons. The van der Waals surface area contributed by atoms with Crippen LogP contribution in [0.1, 0.15) is 5.56 Å². The second-order valence-corrected chi connectivity index (χ2v) is 3.98. The van der Waals surface area contributed by atoms with Crippen LogP contribution in [0, 0.1) is 11.6 Å². The van der Waals surface area contributed by atoms with Gasteiger partial charge in [-0.05, 0) is 12.1 Å². The second-order valence-electron chi connectivity index (χ2n) is 3.98. The molecule has 0 aliphatic rings. The summed E-state index contributed by atoms with van der Waals surface area (Å²) in [6, 6.07) is 3.65. The molecule has 0 amide bonds. The maximum atomic E-state index is 13.6. The van der Waals surface area contributed by atoms with Crippen LogP contribution in [-0.4, -0.2) is 19.5 Å². The van der Waals surface area contributed by atoms with E-state index >= 15 is 0 Å². The highest BCUT2D eigenvalue weighted by Gasteiger charge is 2.12. The molecule has 0 bridgehead atoms. The summed E-state index contributed by atoms with van der Waals surface area (Å²) in [5, 5.41) is 0. The molecule has 2 heterocycles. The van der Waals surface area contributed by atoms with E-state index in [1.165, 1.54) is 35.4 Å². The molecule has 0 atom stereocenters. The Morgan fingerprint density at radius 1 is 1.21 bits per heavy atom. The summed E-state index contributed by atoms with van der Waals surface area (Å²) in [5.74, 6) is -1.29. The summed E-state index contributed by atoms with van der Waals surface area (Å²) in [7, 11) is 0. The van der Waals surface area contributed by atoms with Gasteiger partial charge in [0.15, 0.2) is 11.2 Å². The lowest BCUT2D eigenvalue weighted by Gasteiger charge is -2.06. The van der Waals surface area contributed by atoms with Crippen molar-refractivity contribution in [3.05, 3.63) is 58.4 Å². The standard InChI is InChI=1S/C12H8F2N4O/c13-8-2-1-3-9(14)7(8)4-18-6-17-10-11(18)15-5-16-12(10)19/h1-3,5-6H,4H2,(H,15,16,19). The van der Waals surface area contributed by atoms with Crippen LogP contribution >= 0.6 is 0 Å². The van der Waals surface area contributed by atoms with Crippen molar-refractivity contribution in [3.8, 4) is 0 Å². The second kappa shape index (κ2) is 4.27. The molecule has 1 aromatic carbocycles. The number of halogens is 2. The van der Waals surface area contributed by atoms with Crippen molar-refractivity contribution in [2.75, 3.05) is 0 Å². The van der Waals surface area contributed by atoms with Crippen molar-refractivity contribution in [1.82, 2.24) is 19.5 Å². The molecule has 0 saturated heterocycles. The number of hydrogen-bond donors (Lipinski definition) is 1. The van der Waals surface area contributed by atoms with Gasteiger partial charge in [0, 0.05) is 5.56 Å². The summed E-state index contributed by atoms with van der Waals surface area (Å²) < 4.78 is 28.5. The summed E-state index contributed by atoms with van der Waals surface area (Å²) >= 11 is 0. The van der Waals surface area contributed by atoms with Crippen LogP contribution in [0.25, 0.3) is 11.2 Å². The SMILES string of the molecule is O=c1[nH]cnc2c1ncn2Cc1c(F)cccc1F. The fraction of sp³-hybridized carbons (Fsp3) is 0.0833. The zero-order chi connectivity index (χ0) is 13.4. The zero-order valence-electron chi connectivity index (χ0n) is 9.60. The molecular weight excluding hydrogens is 254 g/mol. The van der Waals surface area contributed by atoms with E-state index in [-0.39, 0.29) is 23.3 Å². The number of nitrogens with zero attached hydrogens (tertiary/aromatic N) is 3. The molecule has 0 aliphatic heterocycles. The maximum absolute atomic E-state index is 13.6. The predicted octanol–water partition coefficient (Wildman–Crippen LogP) is 1.45. The Hall–Kier alpha value is -2.57. The van der Waals surface area contributed by atoms with Gasteiger partial charge in [0.05, 0.1) is 19.2 Å². The molecule has 0 aliphatic carbocycles. The van der Waals surface area contributed by atoms with E-state index in [4.69, 9.17) is 0 Å². The third-order valence-electron chi connectivity index (χ3n) is 2.80. The van der Waals surface area contributed by atoms with Gasteiger partial charge >= 0.3 is 0 Å². The molecule has 1 N–H and O–H groups in total.